The van der Waals surface area contributed by atoms with Crippen LogP contribution in [0, 0.1) is 0 Å². The number of aromatic hydroxyl groups is 1. The molecule has 16 heavy (non-hydrogen) atoms. The third-order valence-electron chi connectivity index (χ3n) is 2.27. The van der Waals surface area contributed by atoms with Gasteiger partial charge in [-0.15, -0.1) is 0 Å². The lowest BCUT2D eigenvalue weighted by atomic mass is 10.1. The van der Waals surface area contributed by atoms with Crippen LogP contribution in [0.5, 0.6) is 5.75 Å². The molecule has 5 nitrogen and oxygen atoms in total. The Balaban J connectivity index is 2.45. The molecule has 0 bridgehead atoms. The van der Waals surface area contributed by atoms with E-state index < -0.39 is 5.97 Å². The SMILES string of the molecule is Cn1cc(-c2ccc(C(=O)O)c(O)c2)cn1. The van der Waals surface area contributed by atoms with Crippen molar-refractivity contribution >= 4 is 5.97 Å². The van der Waals surface area contributed by atoms with Crippen molar-refractivity contribution in [1.29, 1.82) is 0 Å². The molecule has 1 aromatic heterocycles. The number of phenols is 1. The highest BCUT2D eigenvalue weighted by Gasteiger charge is 2.10. The van der Waals surface area contributed by atoms with Gasteiger partial charge in [-0.25, -0.2) is 4.79 Å². The first-order valence-electron chi connectivity index (χ1n) is 4.63. The van der Waals surface area contributed by atoms with Crippen LogP contribution in [-0.2, 0) is 7.05 Å². The van der Waals surface area contributed by atoms with E-state index >= 15 is 0 Å². The molecule has 2 rings (SSSR count). The first kappa shape index (κ1) is 10.2. The summed E-state index contributed by atoms with van der Waals surface area (Å²) in [6.07, 6.45) is 3.43. The second-order valence-corrected chi connectivity index (χ2v) is 3.44. The van der Waals surface area contributed by atoms with E-state index in [-0.39, 0.29) is 11.3 Å². The predicted octanol–water partition coefficient (Wildman–Crippen LogP) is 1.49. The fourth-order valence-electron chi connectivity index (χ4n) is 1.46. The van der Waals surface area contributed by atoms with Gasteiger partial charge in [0.05, 0.1) is 6.20 Å². The molecule has 2 N–H and O–H groups in total. The van der Waals surface area contributed by atoms with Crippen molar-refractivity contribution in [3.8, 4) is 16.9 Å². The number of benzene rings is 1. The molecule has 2 aromatic rings. The standard InChI is InChI=1S/C11H10N2O3/c1-13-6-8(5-12-13)7-2-3-9(11(15)16)10(14)4-7/h2-6,14H,1H3,(H,15,16). The van der Waals surface area contributed by atoms with Gasteiger partial charge in [-0.05, 0) is 17.7 Å². The summed E-state index contributed by atoms with van der Waals surface area (Å²) in [4.78, 5) is 10.7. The minimum absolute atomic E-state index is 0.104. The van der Waals surface area contributed by atoms with Gasteiger partial charge in [-0.1, -0.05) is 6.07 Å². The van der Waals surface area contributed by atoms with Crippen LogP contribution < -0.4 is 0 Å². The van der Waals surface area contributed by atoms with Crippen molar-refractivity contribution < 1.29 is 15.0 Å². The van der Waals surface area contributed by atoms with E-state index in [1.807, 2.05) is 0 Å². The molecule has 0 fully saturated rings. The van der Waals surface area contributed by atoms with E-state index in [9.17, 15) is 9.90 Å². The van der Waals surface area contributed by atoms with Gasteiger partial charge in [-0.3, -0.25) is 4.68 Å². The van der Waals surface area contributed by atoms with E-state index in [0.717, 1.165) is 11.1 Å². The van der Waals surface area contributed by atoms with Crippen molar-refractivity contribution in [2.24, 2.45) is 7.05 Å². The molecule has 0 amide bonds. The number of carboxylic acid groups (broad SMARTS) is 1. The molecule has 0 spiro atoms. The number of aromatic nitrogens is 2. The molecule has 0 aliphatic rings. The van der Waals surface area contributed by atoms with Crippen LogP contribution in [0.3, 0.4) is 0 Å². The normalized spacial score (nSPS) is 10.3. The Labute approximate surface area is 91.6 Å². The Bertz CT molecular complexity index is 546. The zero-order chi connectivity index (χ0) is 11.7. The Morgan fingerprint density at radius 3 is 2.62 bits per heavy atom. The molecule has 0 saturated heterocycles. The second-order valence-electron chi connectivity index (χ2n) is 3.44. The van der Waals surface area contributed by atoms with Crippen molar-refractivity contribution in [2.45, 2.75) is 0 Å². The molecule has 0 aliphatic carbocycles. The van der Waals surface area contributed by atoms with E-state index in [2.05, 4.69) is 5.10 Å². The number of carboxylic acids is 1. The number of hydrogen-bond donors (Lipinski definition) is 2. The fourth-order valence-corrected chi connectivity index (χ4v) is 1.46. The summed E-state index contributed by atoms with van der Waals surface area (Å²) in [6, 6.07) is 4.43. The van der Waals surface area contributed by atoms with Gasteiger partial charge in [-0.2, -0.15) is 5.10 Å². The smallest absolute Gasteiger partial charge is 0.339 e. The van der Waals surface area contributed by atoms with Crippen molar-refractivity contribution in [1.82, 2.24) is 9.78 Å². The molecular formula is C11H10N2O3. The number of carbonyl (C=O) groups is 1. The van der Waals surface area contributed by atoms with Gasteiger partial charge in [0.25, 0.3) is 0 Å². The molecule has 1 aromatic carbocycles. The molecule has 0 atom stereocenters. The first-order valence-corrected chi connectivity index (χ1v) is 4.63. The van der Waals surface area contributed by atoms with Crippen LogP contribution in [0.1, 0.15) is 10.4 Å². The van der Waals surface area contributed by atoms with Crippen LogP contribution in [0.4, 0.5) is 0 Å². The summed E-state index contributed by atoms with van der Waals surface area (Å²) in [5.41, 5.74) is 1.46. The van der Waals surface area contributed by atoms with E-state index in [1.165, 1.54) is 12.1 Å². The van der Waals surface area contributed by atoms with E-state index in [0.29, 0.717) is 0 Å². The maximum atomic E-state index is 10.7. The van der Waals surface area contributed by atoms with Crippen molar-refractivity contribution in [2.75, 3.05) is 0 Å². The Kier molecular flexibility index (Phi) is 2.36. The topological polar surface area (TPSA) is 75.4 Å². The number of aromatic carboxylic acids is 1. The van der Waals surface area contributed by atoms with Gasteiger partial charge in [0.1, 0.15) is 11.3 Å². The highest BCUT2D eigenvalue weighted by Crippen LogP contribution is 2.25. The fraction of sp³-hybridized carbons (Fsp3) is 0.0909. The van der Waals surface area contributed by atoms with E-state index in [4.69, 9.17) is 5.11 Å². The van der Waals surface area contributed by atoms with Crippen LogP contribution in [0.15, 0.2) is 30.6 Å². The third-order valence-corrected chi connectivity index (χ3v) is 2.27. The van der Waals surface area contributed by atoms with Crippen molar-refractivity contribution in [3.05, 3.63) is 36.2 Å². The second kappa shape index (κ2) is 3.69. The largest absolute Gasteiger partial charge is 0.507 e. The quantitative estimate of drug-likeness (QED) is 0.800. The number of aryl methyl sites for hydroxylation is 1. The number of rotatable bonds is 2. The molecule has 0 unspecified atom stereocenters. The molecule has 0 aliphatic heterocycles. The molecule has 5 heteroatoms. The third kappa shape index (κ3) is 1.75. The summed E-state index contributed by atoms with van der Waals surface area (Å²) < 4.78 is 1.64. The van der Waals surface area contributed by atoms with Gasteiger partial charge in [0.2, 0.25) is 0 Å². The monoisotopic (exact) mass is 218 g/mol. The maximum Gasteiger partial charge on any atom is 0.339 e. The summed E-state index contributed by atoms with van der Waals surface area (Å²) in [7, 11) is 1.79. The van der Waals surface area contributed by atoms with E-state index in [1.54, 1.807) is 30.2 Å². The minimum atomic E-state index is -1.14. The summed E-state index contributed by atoms with van der Waals surface area (Å²) in [5.74, 6) is -1.39. The highest BCUT2D eigenvalue weighted by atomic mass is 16.4. The summed E-state index contributed by atoms with van der Waals surface area (Å²) >= 11 is 0. The molecule has 1 heterocycles. The minimum Gasteiger partial charge on any atom is -0.507 e. The molecular weight excluding hydrogens is 208 g/mol. The first-order chi connectivity index (χ1) is 7.58. The molecule has 0 radical (unpaired) electrons. The van der Waals surface area contributed by atoms with Gasteiger partial charge < -0.3 is 10.2 Å². The molecule has 0 saturated carbocycles. The van der Waals surface area contributed by atoms with Gasteiger partial charge >= 0.3 is 5.97 Å². The predicted molar refractivity (Wildman–Crippen MR) is 57.3 cm³/mol. The lowest BCUT2D eigenvalue weighted by Crippen LogP contribution is -1.96. The highest BCUT2D eigenvalue weighted by molar-refractivity contribution is 5.91. The van der Waals surface area contributed by atoms with Crippen LogP contribution >= 0.6 is 0 Å². The Morgan fingerprint density at radius 2 is 2.12 bits per heavy atom. The van der Waals surface area contributed by atoms with Crippen molar-refractivity contribution in [3.63, 3.8) is 0 Å². The molecule has 82 valence electrons. The zero-order valence-electron chi connectivity index (χ0n) is 8.58. The Morgan fingerprint density at radius 1 is 1.38 bits per heavy atom. The van der Waals surface area contributed by atoms with Gasteiger partial charge in [0.15, 0.2) is 0 Å². The number of hydrogen-bond acceptors (Lipinski definition) is 3. The average Bonchev–Trinajstić information content (AvgIpc) is 2.64. The average molecular weight is 218 g/mol. The summed E-state index contributed by atoms with van der Waals surface area (Å²) in [5, 5.41) is 22.3. The van der Waals surface area contributed by atoms with Crippen LogP contribution in [0.2, 0.25) is 0 Å². The Hall–Kier alpha value is -2.30. The summed E-state index contributed by atoms with van der Waals surface area (Å²) in [6.45, 7) is 0. The maximum absolute atomic E-state index is 10.7. The van der Waals surface area contributed by atoms with Gasteiger partial charge in [0, 0.05) is 18.8 Å². The lowest BCUT2D eigenvalue weighted by Gasteiger charge is -2.02. The number of nitrogens with zero attached hydrogens (tertiary/aromatic N) is 2. The lowest BCUT2D eigenvalue weighted by molar-refractivity contribution is 0.0694. The van der Waals surface area contributed by atoms with Crippen LogP contribution in [0.25, 0.3) is 11.1 Å². The van der Waals surface area contributed by atoms with Crippen LogP contribution in [-0.4, -0.2) is 26.0 Å². The zero-order valence-corrected chi connectivity index (χ0v) is 8.58.